The van der Waals surface area contributed by atoms with Crippen LogP contribution in [-0.4, -0.2) is 26.5 Å². The normalized spacial score (nSPS) is 22.4. The number of rotatable bonds is 7. The lowest BCUT2D eigenvalue weighted by molar-refractivity contribution is 0.414. The molecule has 2 atom stereocenters. The molecular formula is C15H25N3O2S. The molecule has 6 heteroatoms. The second kappa shape index (κ2) is 7.22. The van der Waals surface area contributed by atoms with Gasteiger partial charge in [-0.25, -0.2) is 18.1 Å². The fourth-order valence-corrected chi connectivity index (χ4v) is 3.86. The average molecular weight is 311 g/mol. The highest BCUT2D eigenvalue weighted by Crippen LogP contribution is 2.30. The van der Waals surface area contributed by atoms with Crippen molar-refractivity contribution in [2.45, 2.75) is 44.4 Å². The predicted molar refractivity (Wildman–Crippen MR) is 84.7 cm³/mol. The van der Waals surface area contributed by atoms with Gasteiger partial charge in [-0.3, -0.25) is 0 Å². The maximum Gasteiger partial charge on any atom is 0.240 e. The Morgan fingerprint density at radius 2 is 2.19 bits per heavy atom. The number of sulfonamides is 1. The molecule has 2 unspecified atom stereocenters. The molecule has 0 saturated heterocycles. The molecule has 1 heterocycles. The number of aromatic nitrogens is 1. The minimum atomic E-state index is -3.45. The van der Waals surface area contributed by atoms with Crippen molar-refractivity contribution in [3.05, 3.63) is 18.3 Å². The zero-order valence-electron chi connectivity index (χ0n) is 12.8. The van der Waals surface area contributed by atoms with Crippen molar-refractivity contribution >= 4 is 15.8 Å². The standard InChI is InChI=1S/C15H25N3O2S/c1-3-8-16-15-10-14(7-9-17-15)21(19,20)18-11-13-6-4-5-12(13)2/h7,9-10,12-13,18H,3-6,8,11H2,1-2H3,(H,16,17). The lowest BCUT2D eigenvalue weighted by Gasteiger charge is -2.16. The number of hydrogen-bond donors (Lipinski definition) is 2. The van der Waals surface area contributed by atoms with E-state index in [-0.39, 0.29) is 4.90 Å². The van der Waals surface area contributed by atoms with Crippen LogP contribution in [0.4, 0.5) is 5.82 Å². The van der Waals surface area contributed by atoms with E-state index in [0.29, 0.717) is 24.2 Å². The molecule has 5 nitrogen and oxygen atoms in total. The van der Waals surface area contributed by atoms with Crippen molar-refractivity contribution in [2.75, 3.05) is 18.4 Å². The Morgan fingerprint density at radius 1 is 1.38 bits per heavy atom. The molecule has 1 saturated carbocycles. The van der Waals surface area contributed by atoms with Crippen molar-refractivity contribution in [3.63, 3.8) is 0 Å². The van der Waals surface area contributed by atoms with Crippen molar-refractivity contribution in [1.29, 1.82) is 0 Å². The first-order valence-corrected chi connectivity index (χ1v) is 9.21. The van der Waals surface area contributed by atoms with Crippen LogP contribution in [-0.2, 0) is 10.0 Å². The maximum atomic E-state index is 12.4. The summed E-state index contributed by atoms with van der Waals surface area (Å²) in [4.78, 5) is 4.42. The van der Waals surface area contributed by atoms with Crippen LogP contribution >= 0.6 is 0 Å². The summed E-state index contributed by atoms with van der Waals surface area (Å²) >= 11 is 0. The van der Waals surface area contributed by atoms with Gasteiger partial charge in [-0.2, -0.15) is 0 Å². The van der Waals surface area contributed by atoms with Crippen LogP contribution in [0.5, 0.6) is 0 Å². The van der Waals surface area contributed by atoms with E-state index in [1.54, 1.807) is 6.07 Å². The van der Waals surface area contributed by atoms with Crippen LogP contribution in [0, 0.1) is 11.8 Å². The zero-order valence-corrected chi connectivity index (χ0v) is 13.6. The Morgan fingerprint density at radius 3 is 2.86 bits per heavy atom. The van der Waals surface area contributed by atoms with Crippen molar-refractivity contribution in [2.24, 2.45) is 11.8 Å². The van der Waals surface area contributed by atoms with E-state index in [4.69, 9.17) is 0 Å². The maximum absolute atomic E-state index is 12.4. The third-order valence-electron chi connectivity index (χ3n) is 4.17. The number of nitrogens with one attached hydrogen (secondary N) is 2. The van der Waals surface area contributed by atoms with Crippen LogP contribution in [0.1, 0.15) is 39.5 Å². The van der Waals surface area contributed by atoms with Crippen molar-refractivity contribution < 1.29 is 8.42 Å². The molecule has 0 aliphatic heterocycles. The molecule has 2 rings (SSSR count). The molecule has 118 valence electrons. The highest BCUT2D eigenvalue weighted by molar-refractivity contribution is 7.89. The van der Waals surface area contributed by atoms with Gasteiger partial charge in [0.1, 0.15) is 5.82 Å². The molecule has 21 heavy (non-hydrogen) atoms. The minimum absolute atomic E-state index is 0.279. The van der Waals surface area contributed by atoms with E-state index in [2.05, 4.69) is 28.9 Å². The molecule has 0 amide bonds. The van der Waals surface area contributed by atoms with Gasteiger partial charge in [0, 0.05) is 25.4 Å². The Labute approximate surface area is 127 Å². The number of nitrogens with zero attached hydrogens (tertiary/aromatic N) is 1. The Hall–Kier alpha value is -1.14. The first-order chi connectivity index (χ1) is 10.0. The Bertz CT molecular complexity index is 560. The highest BCUT2D eigenvalue weighted by Gasteiger charge is 2.25. The van der Waals surface area contributed by atoms with E-state index >= 15 is 0 Å². The molecule has 2 N–H and O–H groups in total. The van der Waals surface area contributed by atoms with E-state index in [1.165, 1.54) is 25.1 Å². The monoisotopic (exact) mass is 311 g/mol. The average Bonchev–Trinajstić information content (AvgIpc) is 2.89. The van der Waals surface area contributed by atoms with Gasteiger partial charge in [-0.05, 0) is 30.7 Å². The van der Waals surface area contributed by atoms with Gasteiger partial charge in [0.05, 0.1) is 4.90 Å². The molecular weight excluding hydrogens is 286 g/mol. The summed E-state index contributed by atoms with van der Waals surface area (Å²) in [5.74, 6) is 1.67. The highest BCUT2D eigenvalue weighted by atomic mass is 32.2. The first kappa shape index (κ1) is 16.2. The fraction of sp³-hybridized carbons (Fsp3) is 0.667. The lowest BCUT2D eigenvalue weighted by Crippen LogP contribution is -2.30. The summed E-state index contributed by atoms with van der Waals surface area (Å²) in [5.41, 5.74) is 0. The molecule has 0 bridgehead atoms. The van der Waals surface area contributed by atoms with Gasteiger partial charge in [-0.15, -0.1) is 0 Å². The molecule has 0 aromatic carbocycles. The topological polar surface area (TPSA) is 71.1 Å². The smallest absolute Gasteiger partial charge is 0.240 e. The predicted octanol–water partition coefficient (Wildman–Crippen LogP) is 2.62. The molecule has 1 aromatic heterocycles. The molecule has 0 radical (unpaired) electrons. The fourth-order valence-electron chi connectivity index (χ4n) is 2.75. The van der Waals surface area contributed by atoms with Crippen LogP contribution in [0.15, 0.2) is 23.2 Å². The number of pyridine rings is 1. The minimum Gasteiger partial charge on any atom is -0.370 e. The summed E-state index contributed by atoms with van der Waals surface area (Å²) in [7, 11) is -3.45. The van der Waals surface area contributed by atoms with Crippen LogP contribution < -0.4 is 10.0 Å². The molecule has 1 aliphatic carbocycles. The van der Waals surface area contributed by atoms with Crippen molar-refractivity contribution in [1.82, 2.24) is 9.71 Å². The second-order valence-electron chi connectivity index (χ2n) is 5.82. The van der Waals surface area contributed by atoms with Crippen LogP contribution in [0.25, 0.3) is 0 Å². The van der Waals surface area contributed by atoms with Gasteiger partial charge in [-0.1, -0.05) is 26.7 Å². The summed E-state index contributed by atoms with van der Waals surface area (Å²) in [5, 5.41) is 3.11. The van der Waals surface area contributed by atoms with Gasteiger partial charge in [0.15, 0.2) is 0 Å². The van der Waals surface area contributed by atoms with Gasteiger partial charge >= 0.3 is 0 Å². The summed E-state index contributed by atoms with van der Waals surface area (Å²) in [6.07, 6.45) is 6.02. The summed E-state index contributed by atoms with van der Waals surface area (Å²) in [6, 6.07) is 3.13. The molecule has 1 aromatic rings. The first-order valence-electron chi connectivity index (χ1n) is 7.72. The second-order valence-corrected chi connectivity index (χ2v) is 7.59. The third-order valence-corrected chi connectivity index (χ3v) is 5.59. The number of hydrogen-bond acceptors (Lipinski definition) is 4. The van der Waals surface area contributed by atoms with Gasteiger partial charge < -0.3 is 5.32 Å². The third kappa shape index (κ3) is 4.41. The quantitative estimate of drug-likeness (QED) is 0.812. The van der Waals surface area contributed by atoms with Crippen molar-refractivity contribution in [3.8, 4) is 0 Å². The Kier molecular flexibility index (Phi) is 5.58. The Balaban J connectivity index is 2.01. The zero-order chi connectivity index (χ0) is 15.3. The van der Waals surface area contributed by atoms with E-state index in [9.17, 15) is 8.42 Å². The van der Waals surface area contributed by atoms with E-state index in [0.717, 1.165) is 19.4 Å². The van der Waals surface area contributed by atoms with E-state index in [1.807, 2.05) is 0 Å². The van der Waals surface area contributed by atoms with E-state index < -0.39 is 10.0 Å². The van der Waals surface area contributed by atoms with Crippen LogP contribution in [0.2, 0.25) is 0 Å². The lowest BCUT2D eigenvalue weighted by atomic mass is 9.99. The summed E-state index contributed by atoms with van der Waals surface area (Å²) < 4.78 is 27.5. The summed E-state index contributed by atoms with van der Waals surface area (Å²) in [6.45, 7) is 5.57. The van der Waals surface area contributed by atoms with Crippen LogP contribution in [0.3, 0.4) is 0 Å². The van der Waals surface area contributed by atoms with Gasteiger partial charge in [0.2, 0.25) is 10.0 Å². The van der Waals surface area contributed by atoms with Gasteiger partial charge in [0.25, 0.3) is 0 Å². The molecule has 1 aliphatic rings. The SMILES string of the molecule is CCCNc1cc(S(=O)(=O)NCC2CCCC2C)ccn1. The largest absolute Gasteiger partial charge is 0.370 e. The molecule has 0 spiro atoms. The number of anilines is 1. The molecule has 1 fully saturated rings.